The Balaban J connectivity index is 3.31. The quantitative estimate of drug-likeness (QED) is 0.119. The number of carbonyl (C=O) groups excluding carboxylic acids is 1. The standard InChI is InChI=1S/C34H62O4Si2/c1-14-39(15-2,16-3)37-31(13)33(35)30(12)34(38-40(25(4)5,26(6)7)27(8)9)29(11)22-28(10)23-36-24-32-20-18-17-19-21-32/h17-22,25-28,30-31,34H,14-16,23-24H2,1-13H3/b29-22+/t28-,30+,31+,34+/m1/s1. The zero-order valence-electron chi connectivity index (χ0n) is 28.2. The largest absolute Gasteiger partial charge is 0.409 e. The highest BCUT2D eigenvalue weighted by Gasteiger charge is 2.48. The first-order valence-electron chi connectivity index (χ1n) is 15.9. The first kappa shape index (κ1) is 37.0. The number of hydrogen-bond donors (Lipinski definition) is 0. The number of hydrogen-bond acceptors (Lipinski definition) is 4. The van der Waals surface area contributed by atoms with Crippen LogP contribution in [0.25, 0.3) is 0 Å². The molecule has 0 aliphatic carbocycles. The Morgan fingerprint density at radius 3 is 1.75 bits per heavy atom. The molecule has 0 saturated heterocycles. The molecule has 1 rings (SSSR count). The van der Waals surface area contributed by atoms with Crippen molar-refractivity contribution in [1.29, 1.82) is 0 Å². The van der Waals surface area contributed by atoms with Crippen LogP contribution >= 0.6 is 0 Å². The van der Waals surface area contributed by atoms with Gasteiger partial charge in [0.25, 0.3) is 0 Å². The summed E-state index contributed by atoms with van der Waals surface area (Å²) in [6, 6.07) is 13.4. The molecule has 0 bridgehead atoms. The second-order valence-corrected chi connectivity index (χ2v) is 23.1. The summed E-state index contributed by atoms with van der Waals surface area (Å²) in [5.74, 6) is 0.0838. The Morgan fingerprint density at radius 1 is 0.800 bits per heavy atom. The second-order valence-electron chi connectivity index (χ2n) is 12.9. The van der Waals surface area contributed by atoms with E-state index in [-0.39, 0.29) is 23.7 Å². The number of ether oxygens (including phenoxy) is 1. The summed E-state index contributed by atoms with van der Waals surface area (Å²) >= 11 is 0. The van der Waals surface area contributed by atoms with Gasteiger partial charge in [0.1, 0.15) is 6.10 Å². The lowest BCUT2D eigenvalue weighted by Crippen LogP contribution is -2.53. The third-order valence-electron chi connectivity index (χ3n) is 9.19. The van der Waals surface area contributed by atoms with Crippen molar-refractivity contribution in [2.45, 2.75) is 144 Å². The van der Waals surface area contributed by atoms with Crippen molar-refractivity contribution in [2.24, 2.45) is 11.8 Å². The van der Waals surface area contributed by atoms with Crippen LogP contribution in [-0.4, -0.2) is 41.2 Å². The van der Waals surface area contributed by atoms with Gasteiger partial charge < -0.3 is 13.6 Å². The molecule has 0 aliphatic rings. The maximum absolute atomic E-state index is 14.0. The zero-order valence-corrected chi connectivity index (χ0v) is 30.2. The van der Waals surface area contributed by atoms with Gasteiger partial charge in [0.2, 0.25) is 8.32 Å². The molecule has 0 radical (unpaired) electrons. The van der Waals surface area contributed by atoms with Crippen LogP contribution in [0.1, 0.15) is 95.6 Å². The van der Waals surface area contributed by atoms with E-state index < -0.39 is 22.7 Å². The molecule has 0 spiro atoms. The Labute approximate surface area is 249 Å². The topological polar surface area (TPSA) is 44.8 Å². The monoisotopic (exact) mass is 590 g/mol. The lowest BCUT2D eigenvalue weighted by atomic mass is 9.90. The molecule has 4 atom stereocenters. The van der Waals surface area contributed by atoms with Gasteiger partial charge in [-0.05, 0) is 65.7 Å². The van der Waals surface area contributed by atoms with Crippen LogP contribution in [-0.2, 0) is 25.0 Å². The van der Waals surface area contributed by atoms with Crippen molar-refractivity contribution >= 4 is 22.4 Å². The predicted octanol–water partition coefficient (Wildman–Crippen LogP) is 9.96. The molecule has 0 N–H and O–H groups in total. The highest BCUT2D eigenvalue weighted by Crippen LogP contribution is 2.44. The Bertz CT molecular complexity index is 862. The molecule has 6 heteroatoms. The van der Waals surface area contributed by atoms with Gasteiger partial charge in [0.15, 0.2) is 14.1 Å². The molecule has 0 aliphatic heterocycles. The molecule has 1 aromatic rings. The van der Waals surface area contributed by atoms with Gasteiger partial charge in [-0.15, -0.1) is 0 Å². The normalized spacial score (nSPS) is 16.4. The van der Waals surface area contributed by atoms with Crippen molar-refractivity contribution in [3.05, 3.63) is 47.5 Å². The molecular weight excluding hydrogens is 529 g/mol. The molecule has 0 amide bonds. The minimum atomic E-state index is -2.24. The Kier molecular flexibility index (Phi) is 15.9. The summed E-state index contributed by atoms with van der Waals surface area (Å²) < 4.78 is 20.1. The van der Waals surface area contributed by atoms with Gasteiger partial charge >= 0.3 is 0 Å². The van der Waals surface area contributed by atoms with Crippen LogP contribution in [0.5, 0.6) is 0 Å². The molecule has 1 aromatic carbocycles. The van der Waals surface area contributed by atoms with E-state index in [1.807, 2.05) is 25.1 Å². The zero-order chi connectivity index (χ0) is 30.7. The molecule has 230 valence electrons. The third kappa shape index (κ3) is 9.76. The Hall–Kier alpha value is -1.06. The van der Waals surface area contributed by atoms with Crippen LogP contribution < -0.4 is 0 Å². The van der Waals surface area contributed by atoms with Crippen LogP contribution in [0.2, 0.25) is 34.8 Å². The summed E-state index contributed by atoms with van der Waals surface area (Å²) in [4.78, 5) is 14.0. The van der Waals surface area contributed by atoms with E-state index in [1.165, 1.54) is 5.56 Å². The molecule has 0 unspecified atom stereocenters. The van der Waals surface area contributed by atoms with Gasteiger partial charge in [-0.2, -0.15) is 0 Å². The van der Waals surface area contributed by atoms with Gasteiger partial charge in [0.05, 0.1) is 19.3 Å². The minimum absolute atomic E-state index is 0.164. The fraction of sp³-hybridized carbons (Fsp3) is 0.735. The van der Waals surface area contributed by atoms with Crippen LogP contribution in [0.4, 0.5) is 0 Å². The molecule has 0 fully saturated rings. The van der Waals surface area contributed by atoms with E-state index in [0.717, 1.165) is 23.7 Å². The van der Waals surface area contributed by atoms with Crippen molar-refractivity contribution in [3.8, 4) is 0 Å². The summed E-state index contributed by atoms with van der Waals surface area (Å²) in [5.41, 5.74) is 3.62. The van der Waals surface area contributed by atoms with E-state index >= 15 is 0 Å². The number of benzene rings is 1. The van der Waals surface area contributed by atoms with Gasteiger partial charge in [-0.1, -0.05) is 113 Å². The van der Waals surface area contributed by atoms with E-state index in [2.05, 4.69) is 101 Å². The summed E-state index contributed by atoms with van der Waals surface area (Å²) in [7, 11) is -4.15. The highest BCUT2D eigenvalue weighted by atomic mass is 28.4. The molecule has 4 nitrogen and oxygen atoms in total. The van der Waals surface area contributed by atoms with Gasteiger partial charge in [-0.3, -0.25) is 4.79 Å². The summed E-state index contributed by atoms with van der Waals surface area (Å²) in [5, 5.41) is 0. The maximum Gasteiger partial charge on any atom is 0.201 e. The second kappa shape index (κ2) is 17.2. The molecule has 40 heavy (non-hydrogen) atoms. The summed E-state index contributed by atoms with van der Waals surface area (Å²) in [6.45, 7) is 30.1. The number of Topliss-reactive ketones (excluding diaryl/α,β-unsaturated/α-hetero) is 1. The number of rotatable bonds is 19. The van der Waals surface area contributed by atoms with E-state index in [9.17, 15) is 4.79 Å². The fourth-order valence-corrected chi connectivity index (χ4v) is 15.2. The average Bonchev–Trinajstić information content (AvgIpc) is 2.91. The average molecular weight is 591 g/mol. The highest BCUT2D eigenvalue weighted by molar-refractivity contribution is 6.77. The van der Waals surface area contributed by atoms with Crippen LogP contribution in [0.15, 0.2) is 42.0 Å². The van der Waals surface area contributed by atoms with E-state index in [4.69, 9.17) is 13.6 Å². The van der Waals surface area contributed by atoms with Crippen LogP contribution in [0.3, 0.4) is 0 Å². The van der Waals surface area contributed by atoms with Gasteiger partial charge in [0, 0.05) is 5.92 Å². The SMILES string of the molecule is CC[Si](CC)(CC)O[C@@H](C)C(=O)[C@H](C)[C@@H](O[Si](C(C)C)(C(C)C)C(C)C)/C(C)=C/[C@@H](C)COCc1ccccc1. The molecule has 0 saturated carbocycles. The molecule has 0 aromatic heterocycles. The van der Waals surface area contributed by atoms with Crippen molar-refractivity contribution in [3.63, 3.8) is 0 Å². The van der Waals surface area contributed by atoms with E-state index in [1.54, 1.807) is 0 Å². The van der Waals surface area contributed by atoms with Crippen molar-refractivity contribution in [2.75, 3.05) is 6.61 Å². The smallest absolute Gasteiger partial charge is 0.201 e. The van der Waals surface area contributed by atoms with Crippen LogP contribution in [0, 0.1) is 11.8 Å². The van der Waals surface area contributed by atoms with E-state index in [0.29, 0.717) is 29.8 Å². The first-order valence-corrected chi connectivity index (χ1v) is 20.6. The Morgan fingerprint density at radius 2 is 1.30 bits per heavy atom. The minimum Gasteiger partial charge on any atom is -0.409 e. The third-order valence-corrected chi connectivity index (χ3v) is 20.0. The molecular formula is C34H62O4Si2. The first-order chi connectivity index (χ1) is 18.7. The van der Waals surface area contributed by atoms with Crippen molar-refractivity contribution in [1.82, 2.24) is 0 Å². The fourth-order valence-electron chi connectivity index (χ4n) is 6.70. The number of carbonyl (C=O) groups is 1. The van der Waals surface area contributed by atoms with Gasteiger partial charge in [-0.25, -0.2) is 0 Å². The molecule has 0 heterocycles. The van der Waals surface area contributed by atoms with Crippen molar-refractivity contribution < 1.29 is 18.4 Å². The lowest BCUT2D eigenvalue weighted by molar-refractivity contribution is -0.131. The number of ketones is 1. The summed E-state index contributed by atoms with van der Waals surface area (Å²) in [6.07, 6.45) is 1.59. The maximum atomic E-state index is 14.0. The predicted molar refractivity (Wildman–Crippen MR) is 177 cm³/mol. The lowest BCUT2D eigenvalue weighted by Gasteiger charge is -2.46.